The fraction of sp³-hybridized carbons (Fsp3) is 0.150. The van der Waals surface area contributed by atoms with Gasteiger partial charge >= 0.3 is 12.1 Å². The highest BCUT2D eigenvalue weighted by molar-refractivity contribution is 7.14. The van der Waals surface area contributed by atoms with Crippen LogP contribution in [-0.4, -0.2) is 16.9 Å². The number of amides is 1. The van der Waals surface area contributed by atoms with Crippen molar-refractivity contribution in [3.63, 3.8) is 0 Å². The van der Waals surface area contributed by atoms with Gasteiger partial charge in [-0.25, -0.2) is 9.78 Å². The Morgan fingerprint density at radius 2 is 1.87 bits per heavy atom. The van der Waals surface area contributed by atoms with Crippen LogP contribution in [0.15, 0.2) is 47.8 Å². The van der Waals surface area contributed by atoms with E-state index in [4.69, 9.17) is 27.9 Å². The largest absolute Gasteiger partial charge is 0.456 e. The van der Waals surface area contributed by atoms with E-state index in [0.29, 0.717) is 5.69 Å². The topological polar surface area (TPSA) is 59.5 Å². The molecule has 0 saturated heterocycles. The smallest absolute Gasteiger partial charge is 0.416 e. The quantitative estimate of drug-likeness (QED) is 0.384. The molecule has 5 nitrogen and oxygen atoms in total. The van der Waals surface area contributed by atoms with E-state index < -0.39 is 23.6 Å². The van der Waals surface area contributed by atoms with E-state index in [-0.39, 0.29) is 33.0 Å². The monoisotopic (exact) mass is 488 g/mol. The summed E-state index contributed by atoms with van der Waals surface area (Å²) >= 11 is 12.9. The van der Waals surface area contributed by atoms with Crippen LogP contribution in [0.5, 0.6) is 0 Å². The number of anilines is 2. The fourth-order valence-electron chi connectivity index (χ4n) is 2.59. The van der Waals surface area contributed by atoms with Gasteiger partial charge in [0.2, 0.25) is 5.91 Å². The first kappa shape index (κ1) is 23.1. The van der Waals surface area contributed by atoms with Gasteiger partial charge in [0.25, 0.3) is 0 Å². The van der Waals surface area contributed by atoms with Crippen LogP contribution in [0.2, 0.25) is 10.0 Å². The lowest BCUT2D eigenvalue weighted by atomic mass is 10.2. The summed E-state index contributed by atoms with van der Waals surface area (Å²) in [5.74, 6) is -1.24. The number of halogens is 5. The first-order valence-corrected chi connectivity index (χ1v) is 10.2. The van der Waals surface area contributed by atoms with E-state index in [9.17, 15) is 22.8 Å². The third kappa shape index (κ3) is 5.36. The molecule has 0 N–H and O–H groups in total. The number of nitrogens with zero attached hydrogens (tertiary/aromatic N) is 2. The van der Waals surface area contributed by atoms with Crippen molar-refractivity contribution in [3.05, 3.63) is 74.7 Å². The van der Waals surface area contributed by atoms with Crippen molar-refractivity contribution in [1.29, 1.82) is 0 Å². The molecule has 3 rings (SSSR count). The van der Waals surface area contributed by atoms with Crippen LogP contribution in [0.1, 0.15) is 28.5 Å². The van der Waals surface area contributed by atoms with Crippen molar-refractivity contribution in [2.24, 2.45) is 0 Å². The standard InChI is InChI=1S/C20H13Cl2F3N2O3S/c1-11(28)27(14-5-2-4-12(8-14)20(23,24)25)19-26-13(10-31-19)9-30-18(29)15-6-3-7-16(21)17(15)22/h2-8,10H,9H2,1H3. The Kier molecular flexibility index (Phi) is 6.88. The van der Waals surface area contributed by atoms with E-state index in [0.717, 1.165) is 28.4 Å². The van der Waals surface area contributed by atoms with Crippen LogP contribution in [0.4, 0.5) is 24.0 Å². The number of hydrogen-bond donors (Lipinski definition) is 0. The first-order valence-electron chi connectivity index (χ1n) is 8.61. The number of thiazole rings is 1. The Morgan fingerprint density at radius 1 is 1.16 bits per heavy atom. The van der Waals surface area contributed by atoms with Crippen LogP contribution in [0.3, 0.4) is 0 Å². The molecular formula is C20H13Cl2F3N2O3S. The summed E-state index contributed by atoms with van der Waals surface area (Å²) in [7, 11) is 0. The molecule has 0 radical (unpaired) electrons. The molecule has 31 heavy (non-hydrogen) atoms. The number of alkyl halides is 3. The van der Waals surface area contributed by atoms with Crippen LogP contribution < -0.4 is 4.90 Å². The summed E-state index contributed by atoms with van der Waals surface area (Å²) in [6.07, 6.45) is -4.55. The van der Waals surface area contributed by atoms with Crippen molar-refractivity contribution in [3.8, 4) is 0 Å². The second-order valence-corrected chi connectivity index (χ2v) is 7.82. The zero-order valence-electron chi connectivity index (χ0n) is 15.7. The van der Waals surface area contributed by atoms with Crippen LogP contribution in [-0.2, 0) is 22.3 Å². The maximum Gasteiger partial charge on any atom is 0.416 e. The predicted octanol–water partition coefficient (Wildman–Crippen LogP) is 6.51. The average Bonchev–Trinajstić information content (AvgIpc) is 3.16. The first-order chi connectivity index (χ1) is 14.6. The fourth-order valence-corrected chi connectivity index (χ4v) is 3.84. The summed E-state index contributed by atoms with van der Waals surface area (Å²) in [4.78, 5) is 29.6. The Labute approximate surface area is 189 Å². The zero-order valence-corrected chi connectivity index (χ0v) is 18.1. The molecule has 0 atom stereocenters. The van der Waals surface area contributed by atoms with E-state index in [1.807, 2.05) is 0 Å². The second kappa shape index (κ2) is 9.25. The number of rotatable bonds is 5. The van der Waals surface area contributed by atoms with Crippen molar-refractivity contribution < 1.29 is 27.5 Å². The molecule has 0 aliphatic rings. The van der Waals surface area contributed by atoms with Crippen molar-refractivity contribution in [2.45, 2.75) is 19.7 Å². The molecule has 0 spiro atoms. The van der Waals surface area contributed by atoms with E-state index in [2.05, 4.69) is 4.98 Å². The summed E-state index contributed by atoms with van der Waals surface area (Å²) in [5.41, 5.74) is -0.477. The minimum absolute atomic E-state index is 0.0194. The normalized spacial score (nSPS) is 11.3. The van der Waals surface area contributed by atoms with Gasteiger partial charge in [0.05, 0.1) is 32.6 Å². The van der Waals surface area contributed by atoms with Gasteiger partial charge in [0.1, 0.15) is 6.61 Å². The predicted molar refractivity (Wildman–Crippen MR) is 112 cm³/mol. The third-order valence-corrected chi connectivity index (χ3v) is 5.69. The van der Waals surface area contributed by atoms with E-state index in [1.54, 1.807) is 6.07 Å². The summed E-state index contributed by atoms with van der Waals surface area (Å²) < 4.78 is 44.3. The van der Waals surface area contributed by atoms with Gasteiger partial charge in [-0.3, -0.25) is 9.69 Å². The number of ether oxygens (including phenoxy) is 1. The van der Waals surface area contributed by atoms with Crippen LogP contribution >= 0.6 is 34.5 Å². The van der Waals surface area contributed by atoms with Crippen molar-refractivity contribution in [2.75, 3.05) is 4.90 Å². The van der Waals surface area contributed by atoms with Gasteiger partial charge < -0.3 is 4.74 Å². The molecule has 2 aromatic carbocycles. The van der Waals surface area contributed by atoms with E-state index in [1.165, 1.54) is 36.6 Å². The molecular weight excluding hydrogens is 476 g/mol. The molecule has 1 aromatic heterocycles. The van der Waals surface area contributed by atoms with Crippen molar-refractivity contribution in [1.82, 2.24) is 4.98 Å². The molecule has 1 heterocycles. The molecule has 162 valence electrons. The molecule has 0 fully saturated rings. The molecule has 3 aromatic rings. The Hall–Kier alpha value is -2.62. The van der Waals surface area contributed by atoms with Gasteiger partial charge in [0.15, 0.2) is 5.13 Å². The van der Waals surface area contributed by atoms with E-state index >= 15 is 0 Å². The number of hydrogen-bond acceptors (Lipinski definition) is 5. The number of benzene rings is 2. The average molecular weight is 489 g/mol. The second-order valence-electron chi connectivity index (χ2n) is 6.20. The maximum absolute atomic E-state index is 13.0. The highest BCUT2D eigenvalue weighted by atomic mass is 35.5. The van der Waals surface area contributed by atoms with Crippen LogP contribution in [0.25, 0.3) is 0 Å². The molecule has 11 heteroatoms. The maximum atomic E-state index is 13.0. The van der Waals surface area contributed by atoms with Crippen molar-refractivity contribution >= 4 is 57.2 Å². The Bertz CT molecular complexity index is 1130. The van der Waals surface area contributed by atoms with Crippen LogP contribution in [0, 0.1) is 0 Å². The summed E-state index contributed by atoms with van der Waals surface area (Å²) in [6, 6.07) is 8.88. The highest BCUT2D eigenvalue weighted by Crippen LogP contribution is 2.35. The summed E-state index contributed by atoms with van der Waals surface area (Å²) in [6.45, 7) is 0.981. The molecule has 0 aliphatic heterocycles. The number of aromatic nitrogens is 1. The van der Waals surface area contributed by atoms with Gasteiger partial charge in [-0.1, -0.05) is 35.3 Å². The lowest BCUT2D eigenvalue weighted by Crippen LogP contribution is -2.23. The zero-order chi connectivity index (χ0) is 22.8. The molecule has 0 saturated carbocycles. The number of carbonyl (C=O) groups is 2. The molecule has 0 unspecified atom stereocenters. The number of carbonyl (C=O) groups excluding carboxylic acids is 2. The van der Waals surface area contributed by atoms with Gasteiger partial charge in [0, 0.05) is 12.3 Å². The highest BCUT2D eigenvalue weighted by Gasteiger charge is 2.31. The minimum Gasteiger partial charge on any atom is -0.456 e. The lowest BCUT2D eigenvalue weighted by molar-refractivity contribution is -0.137. The number of esters is 1. The molecule has 1 amide bonds. The van der Waals surface area contributed by atoms with Gasteiger partial charge in [-0.15, -0.1) is 11.3 Å². The summed E-state index contributed by atoms with van der Waals surface area (Å²) in [5, 5.41) is 1.93. The molecule has 0 bridgehead atoms. The van der Waals surface area contributed by atoms with Gasteiger partial charge in [-0.05, 0) is 30.3 Å². The third-order valence-electron chi connectivity index (χ3n) is 4.00. The minimum atomic E-state index is -4.55. The SMILES string of the molecule is CC(=O)N(c1cccc(C(F)(F)F)c1)c1nc(COC(=O)c2cccc(Cl)c2Cl)cs1. The lowest BCUT2D eigenvalue weighted by Gasteiger charge is -2.19. The van der Waals surface area contributed by atoms with Gasteiger partial charge in [-0.2, -0.15) is 13.2 Å². The Morgan fingerprint density at radius 3 is 2.55 bits per heavy atom. The Balaban J connectivity index is 1.79. The molecule has 0 aliphatic carbocycles.